The Labute approximate surface area is 162 Å². The zero-order chi connectivity index (χ0) is 18.5. The van der Waals surface area contributed by atoms with Crippen molar-refractivity contribution in [2.24, 2.45) is 5.92 Å². The Balaban J connectivity index is 1.46. The molecule has 1 saturated heterocycles. The highest BCUT2D eigenvalue weighted by Crippen LogP contribution is 2.26. The van der Waals surface area contributed by atoms with Gasteiger partial charge in [0.15, 0.2) is 5.11 Å². The van der Waals surface area contributed by atoms with E-state index in [-0.39, 0.29) is 0 Å². The Hall–Kier alpha value is -1.91. The molecule has 2 N–H and O–H groups in total. The van der Waals surface area contributed by atoms with Crippen molar-refractivity contribution >= 4 is 23.0 Å². The van der Waals surface area contributed by atoms with E-state index in [1.807, 2.05) is 0 Å². The van der Waals surface area contributed by atoms with Crippen molar-refractivity contribution < 1.29 is 0 Å². The van der Waals surface area contributed by atoms with Crippen LogP contribution in [0, 0.1) is 19.8 Å². The molecule has 0 unspecified atom stereocenters. The summed E-state index contributed by atoms with van der Waals surface area (Å²) in [6, 6.07) is 17.7. The van der Waals surface area contributed by atoms with E-state index in [1.54, 1.807) is 0 Å². The average molecular weight is 368 g/mol. The van der Waals surface area contributed by atoms with Gasteiger partial charge < -0.3 is 10.6 Å². The molecule has 3 rings (SSSR count). The Bertz CT molecular complexity index is 724. The third-order valence-electron chi connectivity index (χ3n) is 5.18. The molecule has 0 bridgehead atoms. The van der Waals surface area contributed by atoms with Gasteiger partial charge in [0.25, 0.3) is 0 Å². The number of rotatable bonds is 5. The van der Waals surface area contributed by atoms with Crippen molar-refractivity contribution in [1.29, 1.82) is 0 Å². The molecule has 2 atom stereocenters. The van der Waals surface area contributed by atoms with Gasteiger partial charge in [-0.2, -0.15) is 0 Å². The minimum absolute atomic E-state index is 0.474. The molecule has 2 aromatic carbocycles. The van der Waals surface area contributed by atoms with Gasteiger partial charge in [-0.05, 0) is 80.7 Å². The van der Waals surface area contributed by atoms with Crippen molar-refractivity contribution in [3.63, 3.8) is 0 Å². The van der Waals surface area contributed by atoms with Crippen molar-refractivity contribution in [1.82, 2.24) is 10.2 Å². The van der Waals surface area contributed by atoms with Crippen LogP contribution in [0.1, 0.15) is 36.1 Å². The second-order valence-electron chi connectivity index (χ2n) is 7.45. The van der Waals surface area contributed by atoms with Crippen LogP contribution in [0.15, 0.2) is 48.5 Å². The predicted molar refractivity (Wildman–Crippen MR) is 115 cm³/mol. The highest BCUT2D eigenvalue weighted by atomic mass is 32.1. The summed E-state index contributed by atoms with van der Waals surface area (Å²) in [6.45, 7) is 9.71. The Morgan fingerprint density at radius 1 is 1.15 bits per heavy atom. The molecule has 1 heterocycles. The fraction of sp³-hybridized carbons (Fsp3) is 0.409. The lowest BCUT2D eigenvalue weighted by molar-refractivity contribution is 0.253. The van der Waals surface area contributed by atoms with Gasteiger partial charge in [0.2, 0.25) is 0 Å². The third-order valence-corrected chi connectivity index (χ3v) is 5.42. The van der Waals surface area contributed by atoms with E-state index in [2.05, 4.69) is 84.8 Å². The summed E-state index contributed by atoms with van der Waals surface area (Å²) >= 11 is 5.48. The minimum atomic E-state index is 0.474. The lowest BCUT2D eigenvalue weighted by Gasteiger charge is -2.25. The number of nitrogens with one attached hydrogen (secondary N) is 2. The first-order valence-electron chi connectivity index (χ1n) is 9.43. The summed E-state index contributed by atoms with van der Waals surface area (Å²) in [4.78, 5) is 2.57. The molecule has 0 spiro atoms. The maximum Gasteiger partial charge on any atom is 0.170 e. The highest BCUT2D eigenvalue weighted by molar-refractivity contribution is 7.80. The first-order valence-corrected chi connectivity index (χ1v) is 9.84. The number of hydrogen-bond donors (Lipinski definition) is 2. The van der Waals surface area contributed by atoms with Gasteiger partial charge in [0, 0.05) is 24.8 Å². The molecule has 0 amide bonds. The zero-order valence-corrected chi connectivity index (χ0v) is 16.8. The summed E-state index contributed by atoms with van der Waals surface area (Å²) in [6.07, 6.45) is 1.22. The van der Waals surface area contributed by atoms with Crippen LogP contribution in [-0.2, 0) is 0 Å². The molecule has 0 aromatic heterocycles. The first-order chi connectivity index (χ1) is 12.5. The maximum absolute atomic E-state index is 5.48. The summed E-state index contributed by atoms with van der Waals surface area (Å²) in [7, 11) is 0. The smallest absolute Gasteiger partial charge is 0.170 e. The molecule has 0 saturated carbocycles. The second kappa shape index (κ2) is 8.65. The molecule has 3 nitrogen and oxygen atoms in total. The standard InChI is InChI=1S/C22H29N3S/c1-16-11-17(2)13-21(12-16)24-22(26)23-14-19-9-10-25(15-19)18(3)20-7-5-4-6-8-20/h4-8,11-13,18-19H,9-10,14-15H2,1-3H3,(H2,23,24,26)/t18-,19+/m0/s1. The SMILES string of the molecule is Cc1cc(C)cc(NC(=S)NC[C@H]2CCN([C@@H](C)c3ccccc3)C2)c1. The number of aryl methyl sites for hydroxylation is 2. The second-order valence-corrected chi connectivity index (χ2v) is 7.86. The van der Waals surface area contributed by atoms with Crippen LogP contribution in [-0.4, -0.2) is 29.6 Å². The number of anilines is 1. The molecule has 0 aliphatic carbocycles. The molecule has 0 radical (unpaired) electrons. The number of hydrogen-bond acceptors (Lipinski definition) is 2. The van der Waals surface area contributed by atoms with Crippen molar-refractivity contribution in [3.05, 3.63) is 65.2 Å². The molecule has 1 fully saturated rings. The molecular formula is C22H29N3S. The molecule has 26 heavy (non-hydrogen) atoms. The van der Waals surface area contributed by atoms with Crippen molar-refractivity contribution in [2.45, 2.75) is 33.2 Å². The van der Waals surface area contributed by atoms with Gasteiger partial charge in [-0.3, -0.25) is 4.90 Å². The van der Waals surface area contributed by atoms with Crippen LogP contribution in [0.2, 0.25) is 0 Å². The van der Waals surface area contributed by atoms with Crippen LogP contribution in [0.25, 0.3) is 0 Å². The normalized spacial score (nSPS) is 18.5. The van der Waals surface area contributed by atoms with E-state index in [4.69, 9.17) is 12.2 Å². The van der Waals surface area contributed by atoms with Crippen LogP contribution in [0.5, 0.6) is 0 Å². The van der Waals surface area contributed by atoms with E-state index in [1.165, 1.54) is 23.1 Å². The summed E-state index contributed by atoms with van der Waals surface area (Å²) in [5, 5.41) is 7.43. The van der Waals surface area contributed by atoms with E-state index in [0.29, 0.717) is 17.1 Å². The minimum Gasteiger partial charge on any atom is -0.362 e. The van der Waals surface area contributed by atoms with Gasteiger partial charge >= 0.3 is 0 Å². The van der Waals surface area contributed by atoms with Crippen LogP contribution in [0.4, 0.5) is 5.69 Å². The quantitative estimate of drug-likeness (QED) is 0.751. The maximum atomic E-state index is 5.48. The Morgan fingerprint density at radius 2 is 1.85 bits per heavy atom. The Kier molecular flexibility index (Phi) is 6.28. The monoisotopic (exact) mass is 367 g/mol. The number of benzene rings is 2. The van der Waals surface area contributed by atoms with E-state index >= 15 is 0 Å². The molecule has 1 aliphatic rings. The summed E-state index contributed by atoms with van der Waals surface area (Å²) < 4.78 is 0. The first kappa shape index (κ1) is 18.9. The highest BCUT2D eigenvalue weighted by Gasteiger charge is 2.26. The largest absolute Gasteiger partial charge is 0.362 e. The fourth-order valence-electron chi connectivity index (χ4n) is 3.78. The number of nitrogens with zero attached hydrogens (tertiary/aromatic N) is 1. The van der Waals surface area contributed by atoms with Crippen LogP contribution < -0.4 is 10.6 Å². The number of thiocarbonyl (C=S) groups is 1. The average Bonchev–Trinajstić information content (AvgIpc) is 3.08. The summed E-state index contributed by atoms with van der Waals surface area (Å²) in [5.74, 6) is 0.639. The lowest BCUT2D eigenvalue weighted by Crippen LogP contribution is -2.34. The molecule has 1 aliphatic heterocycles. The topological polar surface area (TPSA) is 27.3 Å². The van der Waals surface area contributed by atoms with Crippen molar-refractivity contribution in [2.75, 3.05) is 25.0 Å². The molecule has 4 heteroatoms. The predicted octanol–water partition coefficient (Wildman–Crippen LogP) is 4.67. The fourth-order valence-corrected chi connectivity index (χ4v) is 3.98. The third kappa shape index (κ3) is 5.05. The van der Waals surface area contributed by atoms with Gasteiger partial charge in [-0.25, -0.2) is 0 Å². The number of likely N-dealkylation sites (tertiary alicyclic amines) is 1. The van der Waals surface area contributed by atoms with Gasteiger partial charge in [-0.15, -0.1) is 0 Å². The molecule has 2 aromatic rings. The molecule has 138 valence electrons. The van der Waals surface area contributed by atoms with Crippen LogP contribution in [0.3, 0.4) is 0 Å². The van der Waals surface area contributed by atoms with Crippen molar-refractivity contribution in [3.8, 4) is 0 Å². The molecular weight excluding hydrogens is 338 g/mol. The Morgan fingerprint density at radius 3 is 2.54 bits per heavy atom. The van der Waals surface area contributed by atoms with E-state index in [0.717, 1.165) is 25.3 Å². The lowest BCUT2D eigenvalue weighted by atomic mass is 10.1. The zero-order valence-electron chi connectivity index (χ0n) is 16.0. The van der Waals surface area contributed by atoms with Gasteiger partial charge in [0.05, 0.1) is 0 Å². The van der Waals surface area contributed by atoms with E-state index in [9.17, 15) is 0 Å². The van der Waals surface area contributed by atoms with Crippen LogP contribution >= 0.6 is 12.2 Å². The van der Waals surface area contributed by atoms with Gasteiger partial charge in [-0.1, -0.05) is 36.4 Å². The van der Waals surface area contributed by atoms with Gasteiger partial charge in [0.1, 0.15) is 0 Å². The van der Waals surface area contributed by atoms with E-state index < -0.39 is 0 Å². The summed E-state index contributed by atoms with van der Waals surface area (Å²) in [5.41, 5.74) is 4.95.